The molecule has 0 saturated carbocycles. The molecule has 32 heavy (non-hydrogen) atoms. The van der Waals surface area contributed by atoms with E-state index < -0.39 is 10.0 Å². The van der Waals surface area contributed by atoms with Crippen LogP contribution in [0.25, 0.3) is 10.9 Å². The summed E-state index contributed by atoms with van der Waals surface area (Å²) >= 11 is 0. The lowest BCUT2D eigenvalue weighted by Gasteiger charge is -2.31. The second-order valence-electron chi connectivity index (χ2n) is 8.76. The van der Waals surface area contributed by atoms with Gasteiger partial charge in [-0.3, -0.25) is 4.79 Å². The first-order valence-corrected chi connectivity index (χ1v) is 12.7. The maximum absolute atomic E-state index is 13.1. The van der Waals surface area contributed by atoms with Gasteiger partial charge in [0.2, 0.25) is 15.9 Å². The van der Waals surface area contributed by atoms with Gasteiger partial charge in [-0.15, -0.1) is 0 Å². The lowest BCUT2D eigenvalue weighted by atomic mass is 9.96. The molecule has 1 aliphatic heterocycles. The van der Waals surface area contributed by atoms with Crippen molar-refractivity contribution in [1.82, 2.24) is 14.2 Å². The molecule has 2 aromatic carbocycles. The van der Waals surface area contributed by atoms with E-state index in [1.807, 2.05) is 55.1 Å². The van der Waals surface area contributed by atoms with Crippen LogP contribution in [0.3, 0.4) is 0 Å². The number of nitrogens with zero attached hydrogens (tertiary/aromatic N) is 2. The van der Waals surface area contributed by atoms with Crippen molar-refractivity contribution in [3.05, 3.63) is 66.4 Å². The minimum atomic E-state index is -3.56. The summed E-state index contributed by atoms with van der Waals surface area (Å²) in [5, 5.41) is 4.03. The molecule has 170 valence electrons. The smallest absolute Gasteiger partial charge is 0.243 e. The van der Waals surface area contributed by atoms with Crippen molar-refractivity contribution in [2.45, 2.75) is 43.5 Å². The van der Waals surface area contributed by atoms with E-state index in [0.29, 0.717) is 30.8 Å². The molecule has 1 N–H and O–H groups in total. The summed E-state index contributed by atoms with van der Waals surface area (Å²) in [5.41, 5.74) is 2.27. The Bertz CT molecular complexity index is 1180. The fourth-order valence-corrected chi connectivity index (χ4v) is 5.89. The summed E-state index contributed by atoms with van der Waals surface area (Å²) in [4.78, 5) is 13.0. The molecular formula is C25H31N3O3S. The first kappa shape index (κ1) is 22.6. The van der Waals surface area contributed by atoms with Crippen molar-refractivity contribution in [1.29, 1.82) is 0 Å². The van der Waals surface area contributed by atoms with Gasteiger partial charge in [0.05, 0.1) is 4.90 Å². The monoisotopic (exact) mass is 453 g/mol. The Morgan fingerprint density at radius 2 is 1.81 bits per heavy atom. The molecule has 3 aromatic rings. The Hall–Kier alpha value is -2.64. The highest BCUT2D eigenvalue weighted by atomic mass is 32.2. The predicted molar refractivity (Wildman–Crippen MR) is 127 cm³/mol. The average molecular weight is 454 g/mol. The molecule has 6 nitrogen and oxygen atoms in total. The van der Waals surface area contributed by atoms with Crippen molar-refractivity contribution in [3.63, 3.8) is 0 Å². The van der Waals surface area contributed by atoms with Crippen molar-refractivity contribution in [3.8, 4) is 0 Å². The van der Waals surface area contributed by atoms with Crippen LogP contribution < -0.4 is 5.32 Å². The van der Waals surface area contributed by atoms with E-state index >= 15 is 0 Å². The molecule has 2 heterocycles. The number of carbonyl (C=O) groups is 1. The topological polar surface area (TPSA) is 71.4 Å². The number of sulfonamides is 1. The van der Waals surface area contributed by atoms with Gasteiger partial charge in [0.25, 0.3) is 0 Å². The van der Waals surface area contributed by atoms with Gasteiger partial charge in [-0.05, 0) is 62.4 Å². The first-order valence-electron chi connectivity index (χ1n) is 11.2. The Morgan fingerprint density at radius 3 is 2.53 bits per heavy atom. The van der Waals surface area contributed by atoms with E-state index in [0.717, 1.165) is 23.7 Å². The summed E-state index contributed by atoms with van der Waals surface area (Å²) in [6.07, 6.45) is 4.82. The van der Waals surface area contributed by atoms with Crippen LogP contribution in [0.15, 0.2) is 65.7 Å². The summed E-state index contributed by atoms with van der Waals surface area (Å²) in [5.74, 6) is -0.106. The number of hydrogen-bond acceptors (Lipinski definition) is 3. The van der Waals surface area contributed by atoms with E-state index in [2.05, 4.69) is 17.4 Å². The maximum Gasteiger partial charge on any atom is 0.243 e. The number of carbonyl (C=O) groups excluding carboxylic acids is 1. The number of rotatable bonds is 7. The number of nitrogens with one attached hydrogen (secondary N) is 1. The Morgan fingerprint density at radius 1 is 1.09 bits per heavy atom. The number of fused-ring (bicyclic) bond motifs is 1. The molecule has 4 rings (SSSR count). The highest BCUT2D eigenvalue weighted by molar-refractivity contribution is 7.89. The molecule has 0 unspecified atom stereocenters. The third-order valence-corrected chi connectivity index (χ3v) is 8.31. The quantitative estimate of drug-likeness (QED) is 0.593. The molecule has 7 heteroatoms. The molecule has 1 fully saturated rings. The van der Waals surface area contributed by atoms with Gasteiger partial charge in [-0.1, -0.05) is 30.3 Å². The van der Waals surface area contributed by atoms with E-state index in [-0.39, 0.29) is 17.9 Å². The highest BCUT2D eigenvalue weighted by Crippen LogP contribution is 2.26. The van der Waals surface area contributed by atoms with Gasteiger partial charge in [0.15, 0.2) is 0 Å². The standard InChI is InChI=1S/C25H31N3O3S/c1-19(8-9-20-6-4-3-5-7-20)26-25(29)21-13-16-28(17-14-21)32(30,31)23-10-11-24-22(18-23)12-15-27(24)2/h3-7,10-12,15,18-19,21H,8-9,13-14,16-17H2,1-2H3,(H,26,29)/t19-/m0/s1. The maximum atomic E-state index is 13.1. The van der Waals surface area contributed by atoms with Crippen LogP contribution in [0, 0.1) is 5.92 Å². The first-order chi connectivity index (χ1) is 15.3. The van der Waals surface area contributed by atoms with Gasteiger partial charge in [-0.2, -0.15) is 4.31 Å². The van der Waals surface area contributed by atoms with E-state index in [1.165, 1.54) is 9.87 Å². The number of amides is 1. The number of piperidine rings is 1. The zero-order valence-electron chi connectivity index (χ0n) is 18.7. The average Bonchev–Trinajstić information content (AvgIpc) is 3.18. The predicted octanol–water partition coefficient (Wildman–Crippen LogP) is 3.72. The molecule has 0 bridgehead atoms. The number of benzene rings is 2. The lowest BCUT2D eigenvalue weighted by molar-refractivity contribution is -0.126. The van der Waals surface area contributed by atoms with Crippen LogP contribution in [0.5, 0.6) is 0 Å². The molecule has 0 radical (unpaired) electrons. The van der Waals surface area contributed by atoms with Crippen LogP contribution in [0.1, 0.15) is 31.7 Å². The summed E-state index contributed by atoms with van der Waals surface area (Å²) < 4.78 is 29.7. The molecule has 0 spiro atoms. The Labute approximate surface area is 190 Å². The second kappa shape index (κ2) is 9.46. The third-order valence-electron chi connectivity index (χ3n) is 6.42. The minimum Gasteiger partial charge on any atom is -0.353 e. The summed E-state index contributed by atoms with van der Waals surface area (Å²) in [6, 6.07) is 17.5. The summed E-state index contributed by atoms with van der Waals surface area (Å²) in [7, 11) is -1.62. The van der Waals surface area contributed by atoms with Crippen LogP contribution in [-0.2, 0) is 28.3 Å². The van der Waals surface area contributed by atoms with E-state index in [4.69, 9.17) is 0 Å². The van der Waals surface area contributed by atoms with Gasteiger partial charge >= 0.3 is 0 Å². The zero-order valence-corrected chi connectivity index (χ0v) is 19.5. The minimum absolute atomic E-state index is 0.0355. The van der Waals surface area contributed by atoms with Crippen molar-refractivity contribution in [2.24, 2.45) is 13.0 Å². The molecule has 1 atom stereocenters. The Balaban J connectivity index is 1.31. The highest BCUT2D eigenvalue weighted by Gasteiger charge is 2.32. The SMILES string of the molecule is C[C@@H](CCc1ccccc1)NC(=O)C1CCN(S(=O)(=O)c2ccc3c(ccn3C)c2)CC1. The van der Waals surface area contributed by atoms with Crippen LogP contribution in [-0.4, -0.2) is 42.3 Å². The summed E-state index contributed by atoms with van der Waals surface area (Å²) in [6.45, 7) is 2.76. The number of hydrogen-bond donors (Lipinski definition) is 1. The van der Waals surface area contributed by atoms with Crippen LogP contribution >= 0.6 is 0 Å². The third kappa shape index (κ3) is 4.89. The van der Waals surface area contributed by atoms with Gasteiger partial charge in [0, 0.05) is 49.2 Å². The Kier molecular flexibility index (Phi) is 6.67. The molecule has 1 amide bonds. The number of aromatic nitrogens is 1. The van der Waals surface area contributed by atoms with Crippen molar-refractivity contribution in [2.75, 3.05) is 13.1 Å². The van der Waals surface area contributed by atoms with Crippen LogP contribution in [0.4, 0.5) is 0 Å². The molecular weight excluding hydrogens is 422 g/mol. The zero-order chi connectivity index (χ0) is 22.7. The van der Waals surface area contributed by atoms with E-state index in [1.54, 1.807) is 12.1 Å². The molecule has 1 aromatic heterocycles. The van der Waals surface area contributed by atoms with Gasteiger partial charge in [0.1, 0.15) is 0 Å². The second-order valence-corrected chi connectivity index (χ2v) is 10.7. The lowest BCUT2D eigenvalue weighted by Crippen LogP contribution is -2.44. The fraction of sp³-hybridized carbons (Fsp3) is 0.400. The molecule has 0 aliphatic carbocycles. The van der Waals surface area contributed by atoms with Crippen molar-refractivity contribution < 1.29 is 13.2 Å². The molecule has 1 saturated heterocycles. The largest absolute Gasteiger partial charge is 0.353 e. The normalized spacial score (nSPS) is 16.8. The van der Waals surface area contributed by atoms with Gasteiger partial charge in [-0.25, -0.2) is 8.42 Å². The van der Waals surface area contributed by atoms with Crippen LogP contribution in [0.2, 0.25) is 0 Å². The van der Waals surface area contributed by atoms with Gasteiger partial charge < -0.3 is 9.88 Å². The number of aryl methyl sites for hydroxylation is 2. The van der Waals surface area contributed by atoms with E-state index in [9.17, 15) is 13.2 Å². The molecule has 1 aliphatic rings. The van der Waals surface area contributed by atoms with Crippen molar-refractivity contribution >= 4 is 26.8 Å². The fourth-order valence-electron chi connectivity index (χ4n) is 4.39.